The van der Waals surface area contributed by atoms with E-state index >= 15 is 0 Å². The lowest BCUT2D eigenvalue weighted by Gasteiger charge is -2.28. The van der Waals surface area contributed by atoms with Crippen LogP contribution in [0.25, 0.3) is 0 Å². The molecule has 0 atom stereocenters. The fourth-order valence-electron chi connectivity index (χ4n) is 2.93. The van der Waals surface area contributed by atoms with E-state index in [2.05, 4.69) is 38.8 Å². The van der Waals surface area contributed by atoms with Crippen LogP contribution in [-0.4, -0.2) is 83.2 Å². The lowest BCUT2D eigenvalue weighted by Crippen LogP contribution is -2.41. The number of anilines is 1. The van der Waals surface area contributed by atoms with Gasteiger partial charge in [0.15, 0.2) is 5.16 Å². The summed E-state index contributed by atoms with van der Waals surface area (Å²) in [5.74, 6) is 1.27. The zero-order valence-corrected chi connectivity index (χ0v) is 18.1. The van der Waals surface area contributed by atoms with Crippen molar-refractivity contribution < 1.29 is 14.3 Å². The molecule has 0 aromatic carbocycles. The van der Waals surface area contributed by atoms with Gasteiger partial charge in [-0.05, 0) is 19.8 Å². The normalized spacial score (nSPS) is 14.4. The molecule has 1 aromatic heterocycles. The van der Waals surface area contributed by atoms with Crippen LogP contribution in [0.1, 0.15) is 27.7 Å². The molecule has 1 fully saturated rings. The number of morpholine rings is 1. The maximum Gasteiger partial charge on any atom is 0.239 e. The van der Waals surface area contributed by atoms with E-state index in [1.807, 2.05) is 13.8 Å². The topological polar surface area (TPSA) is 92.6 Å². The van der Waals surface area contributed by atoms with Crippen LogP contribution in [0.2, 0.25) is 0 Å². The summed E-state index contributed by atoms with van der Waals surface area (Å²) < 4.78 is 7.52. The number of carbonyl (C=O) groups excluding carboxylic acids is 2. The zero-order valence-electron chi connectivity index (χ0n) is 17.3. The van der Waals surface area contributed by atoms with Gasteiger partial charge in [-0.25, -0.2) is 0 Å². The van der Waals surface area contributed by atoms with Gasteiger partial charge in [-0.2, -0.15) is 0 Å². The van der Waals surface area contributed by atoms with E-state index in [-0.39, 0.29) is 24.1 Å². The molecule has 0 saturated carbocycles. The van der Waals surface area contributed by atoms with Gasteiger partial charge in [-0.15, -0.1) is 10.2 Å². The second-order valence-electron chi connectivity index (χ2n) is 7.04. The van der Waals surface area contributed by atoms with Crippen LogP contribution in [0.5, 0.6) is 0 Å². The highest BCUT2D eigenvalue weighted by Crippen LogP contribution is 2.24. The number of hydrogen-bond donors (Lipinski definition) is 1. The van der Waals surface area contributed by atoms with E-state index < -0.39 is 0 Å². The number of amides is 2. The van der Waals surface area contributed by atoms with Crippen molar-refractivity contribution in [1.29, 1.82) is 0 Å². The first-order valence-electron chi connectivity index (χ1n) is 9.89. The Morgan fingerprint density at radius 2 is 1.96 bits per heavy atom. The molecule has 158 valence electrons. The van der Waals surface area contributed by atoms with Crippen molar-refractivity contribution in [3.05, 3.63) is 0 Å². The lowest BCUT2D eigenvalue weighted by molar-refractivity contribution is -0.133. The monoisotopic (exact) mass is 412 g/mol. The number of likely N-dealkylation sites (N-methyl/N-ethyl adjacent to an activating group) is 2. The maximum absolute atomic E-state index is 12.6. The van der Waals surface area contributed by atoms with Crippen molar-refractivity contribution in [2.45, 2.75) is 39.4 Å². The Morgan fingerprint density at radius 1 is 1.25 bits per heavy atom. The van der Waals surface area contributed by atoms with E-state index in [9.17, 15) is 9.59 Å². The van der Waals surface area contributed by atoms with Crippen molar-refractivity contribution in [3.63, 3.8) is 0 Å². The quantitative estimate of drug-likeness (QED) is 0.570. The third-order valence-corrected chi connectivity index (χ3v) is 5.26. The molecule has 1 aliphatic heterocycles. The summed E-state index contributed by atoms with van der Waals surface area (Å²) in [7, 11) is 0. The fourth-order valence-corrected chi connectivity index (χ4v) is 3.78. The van der Waals surface area contributed by atoms with Crippen molar-refractivity contribution in [2.24, 2.45) is 5.92 Å². The molecule has 2 heterocycles. The van der Waals surface area contributed by atoms with Gasteiger partial charge in [0.25, 0.3) is 0 Å². The number of nitrogens with zero attached hydrogens (tertiary/aromatic N) is 5. The Kier molecular flexibility index (Phi) is 9.04. The number of hydrogen-bond acceptors (Lipinski definition) is 7. The second-order valence-corrected chi connectivity index (χ2v) is 7.98. The molecule has 1 saturated heterocycles. The average molecular weight is 413 g/mol. The summed E-state index contributed by atoms with van der Waals surface area (Å²) in [6.45, 7) is 12.9. The Labute approximate surface area is 171 Å². The molecule has 1 aliphatic rings. The molecule has 10 heteroatoms. The number of thioether (sulfide) groups is 1. The summed E-state index contributed by atoms with van der Waals surface area (Å²) in [5, 5.41) is 12.2. The fraction of sp³-hybridized carbons (Fsp3) is 0.778. The molecule has 0 bridgehead atoms. The molecule has 28 heavy (non-hydrogen) atoms. The first-order chi connectivity index (χ1) is 13.5. The third kappa shape index (κ3) is 6.37. The maximum atomic E-state index is 12.6. The molecule has 0 aliphatic carbocycles. The first kappa shape index (κ1) is 22.5. The minimum absolute atomic E-state index is 0.0780. The average Bonchev–Trinajstić information content (AvgIpc) is 3.07. The Balaban J connectivity index is 2.04. The second kappa shape index (κ2) is 11.3. The molecule has 0 radical (unpaired) electrons. The number of nitrogens with one attached hydrogen (secondary N) is 1. The molecule has 0 spiro atoms. The van der Waals surface area contributed by atoms with E-state index in [1.165, 1.54) is 11.8 Å². The zero-order chi connectivity index (χ0) is 20.5. The van der Waals surface area contributed by atoms with Gasteiger partial charge in [0.2, 0.25) is 17.8 Å². The number of ether oxygens (including phenoxy) is 1. The van der Waals surface area contributed by atoms with E-state index in [0.717, 1.165) is 30.7 Å². The van der Waals surface area contributed by atoms with Crippen molar-refractivity contribution in [2.75, 3.05) is 56.6 Å². The molecule has 2 rings (SSSR count). The predicted octanol–water partition coefficient (Wildman–Crippen LogP) is 0.847. The van der Waals surface area contributed by atoms with Crippen LogP contribution < -0.4 is 10.2 Å². The highest BCUT2D eigenvalue weighted by molar-refractivity contribution is 7.99. The summed E-state index contributed by atoms with van der Waals surface area (Å²) in [6.07, 6.45) is 0. The smallest absolute Gasteiger partial charge is 0.239 e. The Hall–Kier alpha value is -1.81. The Bertz CT molecular complexity index is 645. The van der Waals surface area contributed by atoms with Crippen LogP contribution >= 0.6 is 11.8 Å². The van der Waals surface area contributed by atoms with Crippen LogP contribution in [0.3, 0.4) is 0 Å². The summed E-state index contributed by atoms with van der Waals surface area (Å²) in [4.78, 5) is 28.1. The molecule has 1 aromatic rings. The van der Waals surface area contributed by atoms with Gasteiger partial charge in [0, 0.05) is 32.7 Å². The van der Waals surface area contributed by atoms with Gasteiger partial charge in [0.1, 0.15) is 0 Å². The van der Waals surface area contributed by atoms with Gasteiger partial charge >= 0.3 is 0 Å². The molecule has 9 nitrogen and oxygen atoms in total. The summed E-state index contributed by atoms with van der Waals surface area (Å²) in [6, 6.07) is 0. The molecular weight excluding hydrogens is 380 g/mol. The highest BCUT2D eigenvalue weighted by atomic mass is 32.2. The van der Waals surface area contributed by atoms with Gasteiger partial charge in [-0.3, -0.25) is 14.2 Å². The predicted molar refractivity (Wildman–Crippen MR) is 110 cm³/mol. The van der Waals surface area contributed by atoms with Crippen LogP contribution in [0.15, 0.2) is 5.16 Å². The van der Waals surface area contributed by atoms with Gasteiger partial charge < -0.3 is 19.9 Å². The van der Waals surface area contributed by atoms with E-state index in [4.69, 9.17) is 4.74 Å². The molecule has 0 unspecified atom stereocenters. The minimum atomic E-state index is -0.139. The summed E-state index contributed by atoms with van der Waals surface area (Å²) in [5.41, 5.74) is 0. The molecule has 2 amide bonds. The van der Waals surface area contributed by atoms with E-state index in [1.54, 1.807) is 4.90 Å². The van der Waals surface area contributed by atoms with Crippen molar-refractivity contribution >= 4 is 29.5 Å². The standard InChI is InChI=1S/C18H32N6O3S/c1-5-19-15(25)12-22(6-2)16(26)13-28-18-21-20-17(24(18)11-14(3)4)23-7-9-27-10-8-23/h14H,5-13H2,1-4H3,(H,19,25). The van der Waals surface area contributed by atoms with Crippen molar-refractivity contribution in [3.8, 4) is 0 Å². The number of rotatable bonds is 10. The van der Waals surface area contributed by atoms with Gasteiger partial charge in [-0.1, -0.05) is 25.6 Å². The number of aromatic nitrogens is 3. The minimum Gasteiger partial charge on any atom is -0.378 e. The van der Waals surface area contributed by atoms with Crippen LogP contribution in [-0.2, 0) is 20.9 Å². The van der Waals surface area contributed by atoms with Crippen LogP contribution in [0.4, 0.5) is 5.95 Å². The third-order valence-electron chi connectivity index (χ3n) is 4.31. The highest BCUT2D eigenvalue weighted by Gasteiger charge is 2.23. The Morgan fingerprint density at radius 3 is 2.57 bits per heavy atom. The summed E-state index contributed by atoms with van der Waals surface area (Å²) >= 11 is 1.37. The van der Waals surface area contributed by atoms with Crippen LogP contribution in [0, 0.1) is 5.92 Å². The molecular formula is C18H32N6O3S. The first-order valence-corrected chi connectivity index (χ1v) is 10.9. The van der Waals surface area contributed by atoms with E-state index in [0.29, 0.717) is 32.2 Å². The number of carbonyl (C=O) groups is 2. The van der Waals surface area contributed by atoms with Crippen molar-refractivity contribution in [1.82, 2.24) is 25.0 Å². The SMILES string of the molecule is CCNC(=O)CN(CC)C(=O)CSc1nnc(N2CCOCC2)n1CC(C)C. The van der Waals surface area contributed by atoms with Gasteiger partial charge in [0.05, 0.1) is 25.5 Å². The largest absolute Gasteiger partial charge is 0.378 e. The lowest BCUT2D eigenvalue weighted by atomic mass is 10.2. The molecule has 1 N–H and O–H groups in total.